The van der Waals surface area contributed by atoms with Crippen molar-refractivity contribution >= 4 is 12.0 Å². The van der Waals surface area contributed by atoms with Crippen molar-refractivity contribution < 1.29 is 14.7 Å². The highest BCUT2D eigenvalue weighted by Gasteiger charge is 2.35. The van der Waals surface area contributed by atoms with Crippen molar-refractivity contribution in [2.24, 2.45) is 5.92 Å². The summed E-state index contributed by atoms with van der Waals surface area (Å²) in [4.78, 5) is 27.0. The van der Waals surface area contributed by atoms with E-state index in [-0.39, 0.29) is 6.03 Å². The monoisotopic (exact) mass is 254 g/mol. The van der Waals surface area contributed by atoms with Gasteiger partial charge in [-0.1, -0.05) is 6.92 Å². The lowest BCUT2D eigenvalue weighted by Crippen LogP contribution is -2.54. The van der Waals surface area contributed by atoms with Crippen LogP contribution < -0.4 is 0 Å². The van der Waals surface area contributed by atoms with E-state index in [1.54, 1.807) is 4.90 Å². The van der Waals surface area contributed by atoms with E-state index >= 15 is 0 Å². The predicted molar refractivity (Wildman–Crippen MR) is 67.3 cm³/mol. The van der Waals surface area contributed by atoms with Crippen molar-refractivity contribution in [2.45, 2.75) is 45.1 Å². The Morgan fingerprint density at radius 2 is 1.89 bits per heavy atom. The van der Waals surface area contributed by atoms with Gasteiger partial charge >= 0.3 is 12.0 Å². The van der Waals surface area contributed by atoms with Crippen LogP contribution in [0, 0.1) is 5.92 Å². The lowest BCUT2D eigenvalue weighted by atomic mass is 9.99. The van der Waals surface area contributed by atoms with Gasteiger partial charge in [-0.2, -0.15) is 0 Å². The van der Waals surface area contributed by atoms with Crippen molar-refractivity contribution in [3.63, 3.8) is 0 Å². The summed E-state index contributed by atoms with van der Waals surface area (Å²) in [6, 6.07) is -0.697. The second kappa shape index (κ2) is 5.59. The van der Waals surface area contributed by atoms with Crippen LogP contribution in [0.15, 0.2) is 0 Å². The van der Waals surface area contributed by atoms with Gasteiger partial charge < -0.3 is 14.9 Å². The third-order valence-electron chi connectivity index (χ3n) is 3.96. The maximum absolute atomic E-state index is 12.4. The first-order valence-corrected chi connectivity index (χ1v) is 6.88. The second-order valence-corrected chi connectivity index (χ2v) is 5.52. The van der Waals surface area contributed by atoms with Crippen molar-refractivity contribution in [1.29, 1.82) is 0 Å². The van der Waals surface area contributed by atoms with Crippen molar-refractivity contribution in [3.8, 4) is 0 Å². The van der Waals surface area contributed by atoms with Gasteiger partial charge in [-0.25, -0.2) is 9.59 Å². The zero-order valence-electron chi connectivity index (χ0n) is 11.0. The molecular formula is C13H22N2O3. The number of hydrogen-bond acceptors (Lipinski definition) is 2. The Balaban J connectivity index is 2.03. The molecule has 1 N–H and O–H groups in total. The number of nitrogens with zero attached hydrogens (tertiary/aromatic N) is 2. The van der Waals surface area contributed by atoms with Crippen LogP contribution in [0.4, 0.5) is 4.79 Å². The fourth-order valence-corrected chi connectivity index (χ4v) is 2.96. The molecule has 5 heteroatoms. The van der Waals surface area contributed by atoms with E-state index in [0.717, 1.165) is 38.8 Å². The molecule has 2 aliphatic heterocycles. The summed E-state index contributed by atoms with van der Waals surface area (Å²) in [6.07, 6.45) is 4.59. The second-order valence-electron chi connectivity index (χ2n) is 5.52. The standard InChI is InChI=1S/C13H22N2O3/c1-10-5-4-7-14(9-10)13(18)15-8-3-2-6-11(15)12(16)17/h10-11H,2-9H2,1H3,(H,16,17)/t10?,11-/m0/s1. The van der Waals surface area contributed by atoms with E-state index in [9.17, 15) is 14.7 Å². The molecule has 0 saturated carbocycles. The summed E-state index contributed by atoms with van der Waals surface area (Å²) >= 11 is 0. The molecule has 2 aliphatic rings. The number of carbonyl (C=O) groups excluding carboxylic acids is 1. The lowest BCUT2D eigenvalue weighted by Gasteiger charge is -2.39. The summed E-state index contributed by atoms with van der Waals surface area (Å²) in [5.41, 5.74) is 0. The zero-order chi connectivity index (χ0) is 13.1. The number of carbonyl (C=O) groups is 2. The summed E-state index contributed by atoms with van der Waals surface area (Å²) in [7, 11) is 0. The van der Waals surface area contributed by atoms with E-state index in [4.69, 9.17) is 0 Å². The SMILES string of the molecule is CC1CCCN(C(=O)N2CCCC[C@H]2C(=O)O)C1. The Morgan fingerprint density at radius 3 is 2.56 bits per heavy atom. The highest BCUT2D eigenvalue weighted by atomic mass is 16.4. The van der Waals surface area contributed by atoms with E-state index in [1.165, 1.54) is 0 Å². The van der Waals surface area contributed by atoms with Crippen LogP contribution in [-0.4, -0.2) is 52.6 Å². The van der Waals surface area contributed by atoms with Crippen molar-refractivity contribution in [1.82, 2.24) is 9.80 Å². The van der Waals surface area contributed by atoms with Crippen LogP contribution in [0.5, 0.6) is 0 Å². The molecule has 2 heterocycles. The van der Waals surface area contributed by atoms with E-state index in [1.807, 2.05) is 4.90 Å². The summed E-state index contributed by atoms with van der Waals surface area (Å²) in [5, 5.41) is 9.20. The number of urea groups is 1. The Labute approximate surface area is 108 Å². The summed E-state index contributed by atoms with van der Waals surface area (Å²) in [5.74, 6) is -0.344. The molecule has 0 radical (unpaired) electrons. The number of likely N-dealkylation sites (tertiary alicyclic amines) is 2. The fraction of sp³-hybridized carbons (Fsp3) is 0.846. The smallest absolute Gasteiger partial charge is 0.326 e. The van der Waals surface area contributed by atoms with Crippen LogP contribution in [0.3, 0.4) is 0 Å². The van der Waals surface area contributed by atoms with E-state index in [2.05, 4.69) is 6.92 Å². The van der Waals surface area contributed by atoms with Crippen molar-refractivity contribution in [2.75, 3.05) is 19.6 Å². The zero-order valence-corrected chi connectivity index (χ0v) is 11.0. The summed E-state index contributed by atoms with van der Waals surface area (Å²) < 4.78 is 0. The molecule has 102 valence electrons. The Kier molecular flexibility index (Phi) is 4.09. The largest absolute Gasteiger partial charge is 0.480 e. The van der Waals surface area contributed by atoms with Gasteiger partial charge in [-0.3, -0.25) is 0 Å². The van der Waals surface area contributed by atoms with Gasteiger partial charge in [0.1, 0.15) is 6.04 Å². The minimum Gasteiger partial charge on any atom is -0.480 e. The Morgan fingerprint density at radius 1 is 1.11 bits per heavy atom. The topological polar surface area (TPSA) is 60.9 Å². The maximum Gasteiger partial charge on any atom is 0.326 e. The Bertz CT molecular complexity index is 332. The molecule has 2 atom stereocenters. The van der Waals surface area contributed by atoms with Crippen LogP contribution in [0.1, 0.15) is 39.0 Å². The number of hydrogen-bond donors (Lipinski definition) is 1. The predicted octanol–water partition coefficient (Wildman–Crippen LogP) is 1.78. The molecule has 0 aromatic heterocycles. The van der Waals surface area contributed by atoms with Crippen LogP contribution >= 0.6 is 0 Å². The third-order valence-corrected chi connectivity index (χ3v) is 3.96. The van der Waals surface area contributed by atoms with Gasteiger partial charge in [-0.05, 0) is 38.0 Å². The fourth-order valence-electron chi connectivity index (χ4n) is 2.96. The lowest BCUT2D eigenvalue weighted by molar-refractivity contribution is -0.143. The van der Waals surface area contributed by atoms with Gasteiger partial charge in [-0.15, -0.1) is 0 Å². The molecule has 2 saturated heterocycles. The number of piperidine rings is 2. The number of carboxylic acids is 1. The highest BCUT2D eigenvalue weighted by molar-refractivity contribution is 5.83. The molecule has 0 aromatic rings. The molecule has 2 rings (SSSR count). The van der Waals surface area contributed by atoms with Gasteiger partial charge in [0.15, 0.2) is 0 Å². The minimum atomic E-state index is -0.867. The molecule has 1 unspecified atom stereocenters. The van der Waals surface area contributed by atoms with Crippen LogP contribution in [0.2, 0.25) is 0 Å². The first kappa shape index (κ1) is 13.2. The number of rotatable bonds is 1. The van der Waals surface area contributed by atoms with Crippen LogP contribution in [-0.2, 0) is 4.79 Å². The number of amides is 2. The van der Waals surface area contributed by atoms with E-state index < -0.39 is 12.0 Å². The summed E-state index contributed by atoms with van der Waals surface area (Å²) in [6.45, 7) is 4.26. The third kappa shape index (κ3) is 2.76. The van der Waals surface area contributed by atoms with Gasteiger partial charge in [0, 0.05) is 19.6 Å². The number of aliphatic carboxylic acids is 1. The molecule has 0 aromatic carbocycles. The molecule has 0 bridgehead atoms. The minimum absolute atomic E-state index is 0.0753. The molecule has 2 fully saturated rings. The molecule has 18 heavy (non-hydrogen) atoms. The molecule has 0 spiro atoms. The molecule has 0 aliphatic carbocycles. The molecule has 5 nitrogen and oxygen atoms in total. The van der Waals surface area contributed by atoms with Crippen LogP contribution in [0.25, 0.3) is 0 Å². The molecular weight excluding hydrogens is 232 g/mol. The van der Waals surface area contributed by atoms with Gasteiger partial charge in [0.25, 0.3) is 0 Å². The maximum atomic E-state index is 12.4. The first-order valence-electron chi connectivity index (χ1n) is 6.88. The van der Waals surface area contributed by atoms with E-state index in [0.29, 0.717) is 18.9 Å². The quantitative estimate of drug-likeness (QED) is 0.776. The Hall–Kier alpha value is -1.26. The van der Waals surface area contributed by atoms with Crippen molar-refractivity contribution in [3.05, 3.63) is 0 Å². The number of carboxylic acid groups (broad SMARTS) is 1. The first-order chi connectivity index (χ1) is 8.59. The average Bonchev–Trinajstić information content (AvgIpc) is 2.38. The molecule has 2 amide bonds. The highest BCUT2D eigenvalue weighted by Crippen LogP contribution is 2.22. The van der Waals surface area contributed by atoms with Gasteiger partial charge in [0.2, 0.25) is 0 Å². The normalized spacial score (nSPS) is 29.2. The van der Waals surface area contributed by atoms with Gasteiger partial charge in [0.05, 0.1) is 0 Å². The average molecular weight is 254 g/mol.